The van der Waals surface area contributed by atoms with E-state index in [0.717, 1.165) is 44.6 Å². The van der Waals surface area contributed by atoms with Gasteiger partial charge in [0.1, 0.15) is 10.4 Å². The van der Waals surface area contributed by atoms with Crippen LogP contribution in [0.15, 0.2) is 53.7 Å². The molecular weight excluding hydrogens is 452 g/mol. The van der Waals surface area contributed by atoms with Gasteiger partial charge in [0.15, 0.2) is 20.4 Å². The molecule has 0 unspecified atom stereocenters. The first-order valence-corrected chi connectivity index (χ1v) is 11.7. The van der Waals surface area contributed by atoms with E-state index in [-0.39, 0.29) is 5.75 Å². The summed E-state index contributed by atoms with van der Waals surface area (Å²) in [6.07, 6.45) is 0. The van der Waals surface area contributed by atoms with Crippen LogP contribution in [0.4, 0.5) is 0 Å². The zero-order chi connectivity index (χ0) is 21.5. The van der Waals surface area contributed by atoms with E-state index < -0.39 is 5.97 Å². The van der Waals surface area contributed by atoms with Crippen molar-refractivity contribution in [3.05, 3.63) is 52.5 Å². The topological polar surface area (TPSA) is 81.7 Å². The van der Waals surface area contributed by atoms with Crippen molar-refractivity contribution in [1.29, 1.82) is 0 Å². The molecule has 0 spiro atoms. The zero-order valence-corrected chi connectivity index (χ0v) is 18.8. The van der Waals surface area contributed by atoms with Crippen LogP contribution < -0.4 is 4.74 Å². The second kappa shape index (κ2) is 7.95. The van der Waals surface area contributed by atoms with Crippen LogP contribution in [-0.2, 0) is 4.79 Å². The van der Waals surface area contributed by atoms with Crippen molar-refractivity contribution in [2.45, 2.75) is 12.1 Å². The standard InChI is InChI=1S/C21H16N4O3S3/c1-2-28-13-9-7-12(8-10-13)24-19-17(31-21(24)29)18-22-14-5-3-4-6-15(14)25(18)20(23-19)30-11-16(26)27/h3-10H,2,11H2,1H3,(H,26,27). The van der Waals surface area contributed by atoms with Crippen molar-refractivity contribution < 1.29 is 14.6 Å². The van der Waals surface area contributed by atoms with Gasteiger partial charge in [0.05, 0.1) is 23.4 Å². The molecule has 0 saturated heterocycles. The molecular formula is C21H16N4O3S3. The molecule has 0 saturated carbocycles. The largest absolute Gasteiger partial charge is 0.494 e. The van der Waals surface area contributed by atoms with Crippen molar-refractivity contribution in [3.63, 3.8) is 0 Å². The molecule has 0 radical (unpaired) electrons. The monoisotopic (exact) mass is 468 g/mol. The molecule has 31 heavy (non-hydrogen) atoms. The van der Waals surface area contributed by atoms with E-state index in [9.17, 15) is 9.90 Å². The molecule has 5 rings (SSSR count). The van der Waals surface area contributed by atoms with Crippen LogP contribution in [0.5, 0.6) is 5.75 Å². The van der Waals surface area contributed by atoms with Gasteiger partial charge in [-0.2, -0.15) is 0 Å². The van der Waals surface area contributed by atoms with E-state index in [1.54, 1.807) is 0 Å². The number of ether oxygens (including phenoxy) is 1. The van der Waals surface area contributed by atoms with Gasteiger partial charge < -0.3 is 9.84 Å². The average Bonchev–Trinajstić information content (AvgIpc) is 3.30. The Kier molecular flexibility index (Phi) is 5.12. The van der Waals surface area contributed by atoms with Crippen LogP contribution in [0.1, 0.15) is 6.92 Å². The lowest BCUT2D eigenvalue weighted by Gasteiger charge is -2.09. The number of benzene rings is 2. The lowest BCUT2D eigenvalue weighted by molar-refractivity contribution is -0.133. The maximum absolute atomic E-state index is 11.2. The minimum atomic E-state index is -0.905. The first kappa shape index (κ1) is 20.0. The summed E-state index contributed by atoms with van der Waals surface area (Å²) in [7, 11) is 0. The van der Waals surface area contributed by atoms with Crippen molar-refractivity contribution >= 4 is 68.3 Å². The number of thiazole rings is 1. The summed E-state index contributed by atoms with van der Waals surface area (Å²) >= 11 is 8.29. The lowest BCUT2D eigenvalue weighted by atomic mass is 10.3. The molecule has 7 nitrogen and oxygen atoms in total. The van der Waals surface area contributed by atoms with Crippen LogP contribution in [0, 0.1) is 3.95 Å². The maximum atomic E-state index is 11.2. The van der Waals surface area contributed by atoms with E-state index in [1.165, 1.54) is 11.3 Å². The summed E-state index contributed by atoms with van der Waals surface area (Å²) in [5.41, 5.74) is 3.95. The first-order chi connectivity index (χ1) is 15.1. The van der Waals surface area contributed by atoms with Crippen LogP contribution in [-0.4, -0.2) is 42.4 Å². The number of hydrogen-bond donors (Lipinski definition) is 1. The lowest BCUT2D eigenvalue weighted by Crippen LogP contribution is -2.04. The second-order valence-corrected chi connectivity index (χ2v) is 9.21. The molecule has 0 amide bonds. The highest BCUT2D eigenvalue weighted by molar-refractivity contribution is 7.99. The number of aliphatic carboxylic acids is 1. The summed E-state index contributed by atoms with van der Waals surface area (Å²) in [6.45, 7) is 2.54. The highest BCUT2D eigenvalue weighted by atomic mass is 32.2. The predicted octanol–water partition coefficient (Wildman–Crippen LogP) is 5.19. The van der Waals surface area contributed by atoms with E-state index in [2.05, 4.69) is 0 Å². The Balaban J connectivity index is 1.80. The molecule has 0 fully saturated rings. The van der Waals surface area contributed by atoms with Crippen molar-refractivity contribution in [3.8, 4) is 11.4 Å². The first-order valence-electron chi connectivity index (χ1n) is 9.47. The van der Waals surface area contributed by atoms with Gasteiger partial charge in [0.2, 0.25) is 0 Å². The molecule has 2 aromatic carbocycles. The number of hydrogen-bond acceptors (Lipinski definition) is 7. The summed E-state index contributed by atoms with van der Waals surface area (Å²) in [5.74, 6) is -0.225. The van der Waals surface area contributed by atoms with E-state index in [1.807, 2.05) is 64.4 Å². The van der Waals surface area contributed by atoms with Gasteiger partial charge in [-0.25, -0.2) is 9.97 Å². The van der Waals surface area contributed by atoms with Gasteiger partial charge >= 0.3 is 5.97 Å². The molecule has 1 N–H and O–H groups in total. The molecule has 0 atom stereocenters. The van der Waals surface area contributed by atoms with Crippen LogP contribution in [0.3, 0.4) is 0 Å². The van der Waals surface area contributed by atoms with Crippen LogP contribution in [0.25, 0.3) is 32.7 Å². The Morgan fingerprint density at radius 1 is 1.16 bits per heavy atom. The Labute approximate surface area is 189 Å². The van der Waals surface area contributed by atoms with Gasteiger partial charge in [-0.05, 0) is 55.5 Å². The maximum Gasteiger partial charge on any atom is 0.313 e. The molecule has 156 valence electrons. The minimum absolute atomic E-state index is 0.103. The molecule has 0 aliphatic heterocycles. The van der Waals surface area contributed by atoms with E-state index >= 15 is 0 Å². The van der Waals surface area contributed by atoms with Crippen molar-refractivity contribution in [2.24, 2.45) is 0 Å². The molecule has 0 aliphatic carbocycles. The molecule has 5 aromatic rings. The normalized spacial score (nSPS) is 11.5. The number of para-hydroxylation sites is 2. The number of nitrogens with zero attached hydrogens (tertiary/aromatic N) is 4. The van der Waals surface area contributed by atoms with Gasteiger partial charge in [-0.1, -0.05) is 35.2 Å². The van der Waals surface area contributed by atoms with Gasteiger partial charge in [0, 0.05) is 5.69 Å². The van der Waals surface area contributed by atoms with Gasteiger partial charge in [0.25, 0.3) is 0 Å². The number of fused-ring (bicyclic) bond motifs is 5. The third-order valence-electron chi connectivity index (χ3n) is 4.67. The number of carboxylic acid groups (broad SMARTS) is 1. The molecule has 10 heteroatoms. The van der Waals surface area contributed by atoms with Gasteiger partial charge in [-0.15, -0.1) is 0 Å². The average molecular weight is 469 g/mol. The Hall–Kier alpha value is -2.95. The summed E-state index contributed by atoms with van der Waals surface area (Å²) < 4.78 is 10.9. The van der Waals surface area contributed by atoms with E-state index in [4.69, 9.17) is 26.9 Å². The summed E-state index contributed by atoms with van der Waals surface area (Å²) in [6, 6.07) is 15.4. The number of imidazole rings is 1. The van der Waals surface area contributed by atoms with Crippen molar-refractivity contribution in [2.75, 3.05) is 12.4 Å². The Morgan fingerprint density at radius 3 is 2.68 bits per heavy atom. The Morgan fingerprint density at radius 2 is 1.94 bits per heavy atom. The highest BCUT2D eigenvalue weighted by Gasteiger charge is 2.20. The van der Waals surface area contributed by atoms with Crippen molar-refractivity contribution in [1.82, 2.24) is 18.9 Å². The number of aromatic nitrogens is 4. The molecule has 0 aliphatic rings. The molecule has 3 aromatic heterocycles. The summed E-state index contributed by atoms with van der Waals surface area (Å²) in [4.78, 5) is 20.9. The quantitative estimate of drug-likeness (QED) is 0.209. The van der Waals surface area contributed by atoms with Crippen LogP contribution >= 0.6 is 35.3 Å². The number of carbonyl (C=O) groups is 1. The fraction of sp³-hybridized carbons (Fsp3) is 0.143. The second-order valence-electron chi connectivity index (χ2n) is 6.62. The smallest absolute Gasteiger partial charge is 0.313 e. The van der Waals surface area contributed by atoms with Gasteiger partial charge in [-0.3, -0.25) is 13.8 Å². The Bertz CT molecular complexity index is 1500. The number of rotatable bonds is 6. The number of thioether (sulfide) groups is 1. The zero-order valence-electron chi connectivity index (χ0n) is 16.3. The highest BCUT2D eigenvalue weighted by Crippen LogP contribution is 2.34. The fourth-order valence-corrected chi connectivity index (χ4v) is 5.51. The third kappa shape index (κ3) is 3.46. The fourth-order valence-electron chi connectivity index (χ4n) is 3.43. The summed E-state index contributed by atoms with van der Waals surface area (Å²) in [5, 5.41) is 9.79. The number of carboxylic acids is 1. The van der Waals surface area contributed by atoms with Crippen LogP contribution in [0.2, 0.25) is 0 Å². The SMILES string of the molecule is CCOc1ccc(-n2c(=S)sc3c2nc(SCC(=O)O)n2c4ccccc4nc32)cc1. The predicted molar refractivity (Wildman–Crippen MR) is 126 cm³/mol. The van der Waals surface area contributed by atoms with E-state index in [0.29, 0.717) is 21.4 Å². The minimum Gasteiger partial charge on any atom is -0.494 e. The molecule has 3 heterocycles. The third-order valence-corrected chi connectivity index (χ3v) is 6.96. The molecule has 0 bridgehead atoms.